The molecule has 0 amide bonds. The molecule has 1 nitrogen and oxygen atoms in total. The van der Waals surface area contributed by atoms with Gasteiger partial charge in [-0.25, -0.2) is 0 Å². The van der Waals surface area contributed by atoms with Crippen LogP contribution in [0.25, 0.3) is 6.08 Å². The Morgan fingerprint density at radius 3 is 2.42 bits per heavy atom. The first-order valence-electron chi connectivity index (χ1n) is 4.05. The normalized spacial score (nSPS) is 9.58. The molecule has 1 rings (SSSR count). The topological polar surface area (TPSA) is 3.24 Å². The molecule has 1 heteroatoms. The van der Waals surface area contributed by atoms with Crippen LogP contribution in [0.4, 0.5) is 5.69 Å². The number of nitrogens with zero attached hydrogens (tertiary/aromatic N) is 1. The molecule has 0 unspecified atom stereocenters. The third-order valence-electron chi connectivity index (χ3n) is 1.99. The second-order valence-corrected chi connectivity index (χ2v) is 3.14. The van der Waals surface area contributed by atoms with Crippen molar-refractivity contribution in [1.82, 2.24) is 0 Å². The van der Waals surface area contributed by atoms with Crippen molar-refractivity contribution in [3.05, 3.63) is 35.9 Å². The quantitative estimate of drug-likeness (QED) is 0.644. The van der Waals surface area contributed by atoms with Gasteiger partial charge in [-0.05, 0) is 30.2 Å². The molecule has 0 fully saturated rings. The summed E-state index contributed by atoms with van der Waals surface area (Å²) >= 11 is 0. The van der Waals surface area contributed by atoms with E-state index in [1.54, 1.807) is 0 Å². The molecule has 0 aliphatic rings. The Morgan fingerprint density at radius 2 is 2.00 bits per heavy atom. The van der Waals surface area contributed by atoms with Crippen LogP contribution in [0.5, 0.6) is 0 Å². The van der Waals surface area contributed by atoms with Gasteiger partial charge in [0.25, 0.3) is 0 Å². The molecule has 0 aromatic heterocycles. The molecule has 0 aliphatic carbocycles. The fourth-order valence-electron chi connectivity index (χ4n) is 1.17. The molecule has 0 saturated carbocycles. The van der Waals surface area contributed by atoms with Crippen molar-refractivity contribution in [3.8, 4) is 0 Å². The second-order valence-electron chi connectivity index (χ2n) is 3.14. The average Bonchev–Trinajstić information content (AvgIpc) is 2.04. The van der Waals surface area contributed by atoms with Gasteiger partial charge in [0.1, 0.15) is 0 Å². The zero-order chi connectivity index (χ0) is 9.14. The van der Waals surface area contributed by atoms with Crippen LogP contribution in [0.15, 0.2) is 24.8 Å². The van der Waals surface area contributed by atoms with Crippen molar-refractivity contribution in [2.45, 2.75) is 6.92 Å². The van der Waals surface area contributed by atoms with Gasteiger partial charge in [0.15, 0.2) is 0 Å². The van der Waals surface area contributed by atoms with E-state index >= 15 is 0 Å². The van der Waals surface area contributed by atoms with Crippen LogP contribution < -0.4 is 4.90 Å². The Balaban J connectivity index is 3.10. The number of hydrogen-bond acceptors (Lipinski definition) is 1. The van der Waals surface area contributed by atoms with Crippen molar-refractivity contribution in [3.63, 3.8) is 0 Å². The summed E-state index contributed by atoms with van der Waals surface area (Å²) in [6, 6.07) is 6.36. The molecule has 0 heterocycles. The van der Waals surface area contributed by atoms with Gasteiger partial charge in [0.2, 0.25) is 0 Å². The second kappa shape index (κ2) is 3.44. The number of hydrogen-bond donors (Lipinski definition) is 0. The highest BCUT2D eigenvalue weighted by atomic mass is 15.1. The van der Waals surface area contributed by atoms with E-state index in [1.807, 2.05) is 20.2 Å². The Morgan fingerprint density at radius 1 is 1.33 bits per heavy atom. The van der Waals surface area contributed by atoms with Gasteiger partial charge in [-0.15, -0.1) is 0 Å². The van der Waals surface area contributed by atoms with Gasteiger partial charge in [0.05, 0.1) is 0 Å². The summed E-state index contributed by atoms with van der Waals surface area (Å²) in [5, 5.41) is 0. The number of aryl methyl sites for hydroxylation is 1. The monoisotopic (exact) mass is 161 g/mol. The maximum absolute atomic E-state index is 3.75. The van der Waals surface area contributed by atoms with E-state index in [2.05, 4.69) is 36.6 Å². The minimum absolute atomic E-state index is 1.21. The van der Waals surface area contributed by atoms with Crippen LogP contribution in [0, 0.1) is 6.92 Å². The summed E-state index contributed by atoms with van der Waals surface area (Å²) in [6.45, 7) is 5.85. The predicted molar refractivity (Wildman–Crippen MR) is 55.6 cm³/mol. The highest BCUT2D eigenvalue weighted by molar-refractivity contribution is 5.58. The van der Waals surface area contributed by atoms with E-state index in [0.717, 1.165) is 0 Å². The minimum Gasteiger partial charge on any atom is -0.378 e. The Labute approximate surface area is 74.3 Å². The number of rotatable bonds is 2. The molecule has 0 radical (unpaired) electrons. The highest BCUT2D eigenvalue weighted by Crippen LogP contribution is 2.17. The molecule has 64 valence electrons. The van der Waals surface area contributed by atoms with Gasteiger partial charge in [-0.2, -0.15) is 0 Å². The third kappa shape index (κ3) is 1.67. The first kappa shape index (κ1) is 8.85. The summed E-state index contributed by atoms with van der Waals surface area (Å²) in [6.07, 6.45) is 1.88. The summed E-state index contributed by atoms with van der Waals surface area (Å²) in [5.41, 5.74) is 3.72. The van der Waals surface area contributed by atoms with Crippen LogP contribution in [0.1, 0.15) is 11.1 Å². The fraction of sp³-hybridized carbons (Fsp3) is 0.273. The molecule has 0 saturated heterocycles. The maximum atomic E-state index is 3.75. The van der Waals surface area contributed by atoms with Gasteiger partial charge in [-0.3, -0.25) is 0 Å². The van der Waals surface area contributed by atoms with Crippen LogP contribution in [0.2, 0.25) is 0 Å². The average molecular weight is 161 g/mol. The van der Waals surface area contributed by atoms with Crippen molar-refractivity contribution < 1.29 is 0 Å². The van der Waals surface area contributed by atoms with Crippen LogP contribution >= 0.6 is 0 Å². The molecule has 0 aliphatic heterocycles. The lowest BCUT2D eigenvalue weighted by Crippen LogP contribution is -2.08. The van der Waals surface area contributed by atoms with Crippen molar-refractivity contribution >= 4 is 11.8 Å². The minimum atomic E-state index is 1.21. The molecule has 12 heavy (non-hydrogen) atoms. The summed E-state index contributed by atoms with van der Waals surface area (Å²) in [4.78, 5) is 2.10. The summed E-state index contributed by atoms with van der Waals surface area (Å²) < 4.78 is 0. The van der Waals surface area contributed by atoms with Gasteiger partial charge in [0, 0.05) is 19.8 Å². The lowest BCUT2D eigenvalue weighted by molar-refractivity contribution is 1.13. The molecule has 0 N–H and O–H groups in total. The number of anilines is 1. The molecular formula is C11H15N. The lowest BCUT2D eigenvalue weighted by Gasteiger charge is -2.13. The fourth-order valence-corrected chi connectivity index (χ4v) is 1.17. The Kier molecular flexibility index (Phi) is 2.54. The van der Waals surface area contributed by atoms with Gasteiger partial charge < -0.3 is 4.90 Å². The zero-order valence-corrected chi connectivity index (χ0v) is 7.96. The van der Waals surface area contributed by atoms with E-state index in [4.69, 9.17) is 0 Å². The molecule has 1 aromatic rings. The maximum Gasteiger partial charge on any atom is 0.0364 e. The smallest absolute Gasteiger partial charge is 0.0364 e. The molecule has 0 bridgehead atoms. The number of benzene rings is 1. The lowest BCUT2D eigenvalue weighted by atomic mass is 10.1. The Bertz CT molecular complexity index is 287. The van der Waals surface area contributed by atoms with E-state index in [-0.39, 0.29) is 0 Å². The largest absolute Gasteiger partial charge is 0.378 e. The SMILES string of the molecule is C=Cc1ccc(N(C)C)cc1C. The Hall–Kier alpha value is -1.24. The van der Waals surface area contributed by atoms with Crippen LogP contribution in [-0.2, 0) is 0 Å². The van der Waals surface area contributed by atoms with Gasteiger partial charge in [-0.1, -0.05) is 18.7 Å². The van der Waals surface area contributed by atoms with Crippen LogP contribution in [-0.4, -0.2) is 14.1 Å². The summed E-state index contributed by atoms with van der Waals surface area (Å²) in [5.74, 6) is 0. The molecule has 0 atom stereocenters. The van der Waals surface area contributed by atoms with Crippen molar-refractivity contribution in [1.29, 1.82) is 0 Å². The first-order chi connectivity index (χ1) is 5.65. The molecule has 0 spiro atoms. The highest BCUT2D eigenvalue weighted by Gasteiger charge is 1.97. The predicted octanol–water partition coefficient (Wildman–Crippen LogP) is 2.70. The zero-order valence-electron chi connectivity index (χ0n) is 7.96. The van der Waals surface area contributed by atoms with E-state index < -0.39 is 0 Å². The van der Waals surface area contributed by atoms with E-state index in [9.17, 15) is 0 Å². The van der Waals surface area contributed by atoms with Crippen molar-refractivity contribution in [2.24, 2.45) is 0 Å². The van der Waals surface area contributed by atoms with E-state index in [1.165, 1.54) is 16.8 Å². The summed E-state index contributed by atoms with van der Waals surface area (Å²) in [7, 11) is 4.09. The van der Waals surface area contributed by atoms with Crippen LogP contribution in [0.3, 0.4) is 0 Å². The molecular weight excluding hydrogens is 146 g/mol. The third-order valence-corrected chi connectivity index (χ3v) is 1.99. The standard InChI is InChI=1S/C11H15N/c1-5-10-6-7-11(12(3)4)8-9(10)2/h5-8H,1H2,2-4H3. The van der Waals surface area contributed by atoms with Gasteiger partial charge >= 0.3 is 0 Å². The van der Waals surface area contributed by atoms with E-state index in [0.29, 0.717) is 0 Å². The molecule has 1 aromatic carbocycles. The van der Waals surface area contributed by atoms with Crippen molar-refractivity contribution in [2.75, 3.05) is 19.0 Å². The first-order valence-corrected chi connectivity index (χ1v) is 4.05.